The van der Waals surface area contributed by atoms with Crippen molar-refractivity contribution in [3.8, 4) is 0 Å². The number of aliphatic hydroxyl groups is 1. The molecule has 5 atom stereocenters. The molecule has 0 saturated heterocycles. The third kappa shape index (κ3) is 3.35. The first-order chi connectivity index (χ1) is 14.3. The number of hydrogen-bond acceptors (Lipinski definition) is 4. The lowest BCUT2D eigenvalue weighted by Gasteiger charge is -2.41. The van der Waals surface area contributed by atoms with E-state index in [0.717, 1.165) is 37.8 Å². The first-order valence-corrected chi connectivity index (χ1v) is 11.7. The van der Waals surface area contributed by atoms with Gasteiger partial charge in [-0.3, -0.25) is 5.01 Å². The highest BCUT2D eigenvalue weighted by Crippen LogP contribution is 2.68. The van der Waals surface area contributed by atoms with Crippen molar-refractivity contribution in [3.63, 3.8) is 0 Å². The minimum Gasteiger partial charge on any atom is -0.367 e. The Balaban J connectivity index is 1.53. The molecule has 30 heavy (non-hydrogen) atoms. The Labute approximate surface area is 181 Å². The van der Waals surface area contributed by atoms with Crippen molar-refractivity contribution in [2.75, 3.05) is 6.54 Å². The maximum atomic E-state index is 11.2. The standard InChI is InChI=1S/C26H37N3O/c1-5-6-13-22-20(18-11-9-7-8-10-12-18)17-29(28-22)24(30)23(27)21-16-19-14-15-26(21,4)25(19,2)3/h7,9-12,19-21,24,27,30H,5-6,13-17H2,1-4H3/t19?,20?,21?,24?,26-/m0/s1. The van der Waals surface area contributed by atoms with Gasteiger partial charge in [0.2, 0.25) is 0 Å². The largest absolute Gasteiger partial charge is 0.367 e. The highest BCUT2D eigenvalue weighted by molar-refractivity contribution is 5.93. The smallest absolute Gasteiger partial charge is 0.181 e. The monoisotopic (exact) mass is 407 g/mol. The summed E-state index contributed by atoms with van der Waals surface area (Å²) in [5, 5.41) is 26.8. The van der Waals surface area contributed by atoms with E-state index in [4.69, 9.17) is 10.5 Å². The van der Waals surface area contributed by atoms with Crippen molar-refractivity contribution in [1.29, 1.82) is 5.41 Å². The molecule has 4 nitrogen and oxygen atoms in total. The molecule has 0 amide bonds. The Morgan fingerprint density at radius 3 is 2.83 bits per heavy atom. The number of aliphatic hydroxyl groups excluding tert-OH is 1. The third-order valence-corrected chi connectivity index (χ3v) is 8.80. The quantitative estimate of drug-likeness (QED) is 0.434. The van der Waals surface area contributed by atoms with Crippen LogP contribution >= 0.6 is 0 Å². The Morgan fingerprint density at radius 2 is 2.17 bits per heavy atom. The molecule has 0 radical (unpaired) electrons. The fourth-order valence-electron chi connectivity index (χ4n) is 6.32. The molecule has 1 heterocycles. The molecule has 2 bridgehead atoms. The summed E-state index contributed by atoms with van der Waals surface area (Å²) in [7, 11) is 0. The second-order valence-corrected chi connectivity index (χ2v) is 10.4. The van der Waals surface area contributed by atoms with Gasteiger partial charge in [-0.25, -0.2) is 0 Å². The third-order valence-electron chi connectivity index (χ3n) is 8.80. The van der Waals surface area contributed by atoms with Crippen molar-refractivity contribution in [2.24, 2.45) is 33.7 Å². The van der Waals surface area contributed by atoms with Gasteiger partial charge < -0.3 is 10.5 Å². The number of nitrogens with one attached hydrogen (secondary N) is 1. The Kier molecular flexibility index (Phi) is 5.67. The summed E-state index contributed by atoms with van der Waals surface area (Å²) in [4.78, 5) is 0. The lowest BCUT2D eigenvalue weighted by Crippen LogP contribution is -2.45. The summed E-state index contributed by atoms with van der Waals surface area (Å²) in [5.41, 5.74) is 6.28. The van der Waals surface area contributed by atoms with E-state index in [-0.39, 0.29) is 22.7 Å². The van der Waals surface area contributed by atoms with Crippen LogP contribution in [0.5, 0.6) is 0 Å². The van der Waals surface area contributed by atoms with Crippen molar-refractivity contribution < 1.29 is 5.11 Å². The first kappa shape index (κ1) is 21.3. The first-order valence-electron chi connectivity index (χ1n) is 11.7. The van der Waals surface area contributed by atoms with E-state index < -0.39 is 6.23 Å². The zero-order chi connectivity index (χ0) is 21.5. The number of hydrogen-bond donors (Lipinski definition) is 2. The predicted molar refractivity (Wildman–Crippen MR) is 123 cm³/mol. The van der Waals surface area contributed by atoms with Gasteiger partial charge in [0.25, 0.3) is 0 Å². The summed E-state index contributed by atoms with van der Waals surface area (Å²) >= 11 is 0. The van der Waals surface area contributed by atoms with Crippen LogP contribution in [0.2, 0.25) is 0 Å². The maximum Gasteiger partial charge on any atom is 0.181 e. The lowest BCUT2D eigenvalue weighted by atomic mass is 9.65. The zero-order valence-electron chi connectivity index (χ0n) is 19.0. The highest BCUT2D eigenvalue weighted by atomic mass is 16.3. The molecular formula is C26H37N3O. The van der Waals surface area contributed by atoms with Gasteiger partial charge in [-0.1, -0.05) is 52.3 Å². The molecule has 0 aromatic rings. The van der Waals surface area contributed by atoms with Gasteiger partial charge in [0.15, 0.2) is 6.23 Å². The summed E-state index contributed by atoms with van der Waals surface area (Å²) < 4.78 is 0. The van der Waals surface area contributed by atoms with Crippen LogP contribution in [0.15, 0.2) is 46.8 Å². The minimum absolute atomic E-state index is 0.104. The summed E-state index contributed by atoms with van der Waals surface area (Å²) in [6, 6.07) is 0. The van der Waals surface area contributed by atoms with E-state index in [2.05, 4.69) is 45.6 Å². The van der Waals surface area contributed by atoms with Crippen LogP contribution in [0.3, 0.4) is 0 Å². The predicted octanol–water partition coefficient (Wildman–Crippen LogP) is 5.47. The topological polar surface area (TPSA) is 59.7 Å². The van der Waals surface area contributed by atoms with Gasteiger partial charge in [0, 0.05) is 17.5 Å². The van der Waals surface area contributed by atoms with E-state index in [1.54, 1.807) is 5.01 Å². The lowest BCUT2D eigenvalue weighted by molar-refractivity contribution is 0.0510. The fourth-order valence-corrected chi connectivity index (χ4v) is 6.32. The average molecular weight is 408 g/mol. The summed E-state index contributed by atoms with van der Waals surface area (Å²) in [6.07, 6.45) is 15.8. The molecule has 2 saturated carbocycles. The van der Waals surface area contributed by atoms with E-state index in [1.165, 1.54) is 12.0 Å². The fraction of sp³-hybridized carbons (Fsp3) is 0.654. The van der Waals surface area contributed by atoms with Crippen molar-refractivity contribution >= 4 is 11.4 Å². The van der Waals surface area contributed by atoms with Crippen molar-refractivity contribution in [2.45, 2.75) is 72.4 Å². The molecule has 4 unspecified atom stereocenters. The highest BCUT2D eigenvalue weighted by Gasteiger charge is 2.62. The van der Waals surface area contributed by atoms with Crippen LogP contribution in [0.4, 0.5) is 0 Å². The van der Waals surface area contributed by atoms with Gasteiger partial charge in [-0.05, 0) is 66.6 Å². The zero-order valence-corrected chi connectivity index (χ0v) is 19.0. The number of fused-ring (bicyclic) bond motifs is 2. The number of allylic oxidation sites excluding steroid dienone is 4. The molecule has 0 aromatic carbocycles. The van der Waals surface area contributed by atoms with E-state index >= 15 is 0 Å². The van der Waals surface area contributed by atoms with Crippen LogP contribution in [0, 0.1) is 34.0 Å². The van der Waals surface area contributed by atoms with E-state index in [0.29, 0.717) is 18.2 Å². The molecule has 162 valence electrons. The average Bonchev–Trinajstić information content (AvgIpc) is 3.18. The number of rotatable bonds is 7. The minimum atomic E-state index is -0.923. The van der Waals surface area contributed by atoms with Crippen molar-refractivity contribution in [3.05, 3.63) is 41.7 Å². The van der Waals surface area contributed by atoms with E-state index in [1.807, 2.05) is 18.2 Å². The molecule has 1 aliphatic heterocycles. The molecule has 0 aromatic heterocycles. The van der Waals surface area contributed by atoms with Crippen molar-refractivity contribution in [1.82, 2.24) is 5.01 Å². The molecule has 3 aliphatic carbocycles. The molecule has 4 aliphatic rings. The Bertz CT molecular complexity index is 858. The van der Waals surface area contributed by atoms with Gasteiger partial charge in [0.05, 0.1) is 12.3 Å². The molecular weight excluding hydrogens is 370 g/mol. The molecule has 2 N–H and O–H groups in total. The van der Waals surface area contributed by atoms with Crippen LogP contribution in [-0.2, 0) is 0 Å². The summed E-state index contributed by atoms with van der Waals surface area (Å²) in [6.45, 7) is 9.91. The van der Waals surface area contributed by atoms with Gasteiger partial charge >= 0.3 is 0 Å². The second-order valence-electron chi connectivity index (χ2n) is 10.4. The SMILES string of the molecule is CCCCC1=NN(C(O)C(=N)C2CC3CC[C@]2(C)C3(C)C)CC1C1=CC=C=CC=C1. The number of hydrazone groups is 1. The summed E-state index contributed by atoms with van der Waals surface area (Å²) in [5.74, 6) is 0.987. The number of nitrogens with zero attached hydrogens (tertiary/aromatic N) is 2. The molecule has 4 heteroatoms. The van der Waals surface area contributed by atoms with Crippen LogP contribution in [0.1, 0.15) is 66.2 Å². The van der Waals surface area contributed by atoms with Crippen LogP contribution in [0.25, 0.3) is 0 Å². The molecule has 4 rings (SSSR count). The number of unbranched alkanes of at least 4 members (excludes halogenated alkanes) is 1. The van der Waals surface area contributed by atoms with Gasteiger partial charge in [0.1, 0.15) is 0 Å². The van der Waals surface area contributed by atoms with E-state index in [9.17, 15) is 5.11 Å². The molecule has 0 spiro atoms. The normalized spacial score (nSPS) is 34.8. The van der Waals surface area contributed by atoms with Gasteiger partial charge in [-0.15, -0.1) is 5.73 Å². The van der Waals surface area contributed by atoms with Gasteiger partial charge in [-0.2, -0.15) is 5.10 Å². The Hall–Kier alpha value is -1.90. The van der Waals surface area contributed by atoms with Crippen LogP contribution in [-0.4, -0.2) is 34.3 Å². The molecule has 2 fully saturated rings. The maximum absolute atomic E-state index is 11.2. The Morgan fingerprint density at radius 1 is 1.37 bits per heavy atom. The van der Waals surface area contributed by atoms with Crippen LogP contribution < -0.4 is 0 Å². The second kappa shape index (κ2) is 7.98.